The zero-order chi connectivity index (χ0) is 22.2. The standard InChI is InChI=1S/C27H18P.C5H5.Fe/c28-26-12-11-22-14-21-10-9-20-13-18-7-3-4-8-19(18)15-23(20)24(21)16-25(22)27(26)17-5-1-2-6-17;1-2-4-5-3-1;/h1-16H,28H2;1-5H;/q-1;-5;. The summed E-state index contributed by atoms with van der Waals surface area (Å²) in [5.41, 5.74) is 2.59. The third-order valence-corrected chi connectivity index (χ3v) is 6.86. The fraction of sp³-hybridized carbons (Fsp3) is 0. The summed E-state index contributed by atoms with van der Waals surface area (Å²) in [4.78, 5) is 0. The fourth-order valence-electron chi connectivity index (χ4n) is 4.77. The third-order valence-electron chi connectivity index (χ3n) is 6.38. The maximum atomic E-state index is 2.91. The third kappa shape index (κ3) is 4.08. The monoisotopic (exact) mass is 494 g/mol. The van der Waals surface area contributed by atoms with Crippen molar-refractivity contribution in [2.75, 3.05) is 0 Å². The molecule has 1 unspecified atom stereocenters. The van der Waals surface area contributed by atoms with E-state index in [1.165, 1.54) is 59.5 Å². The van der Waals surface area contributed by atoms with Crippen molar-refractivity contribution in [2.24, 2.45) is 0 Å². The van der Waals surface area contributed by atoms with Crippen molar-refractivity contribution >= 4 is 57.6 Å². The van der Waals surface area contributed by atoms with Gasteiger partial charge in [-0.1, -0.05) is 82.3 Å². The molecule has 34 heavy (non-hydrogen) atoms. The van der Waals surface area contributed by atoms with Gasteiger partial charge in [-0.15, -0.1) is 26.9 Å². The van der Waals surface area contributed by atoms with Crippen LogP contribution in [0.4, 0.5) is 0 Å². The Bertz CT molecular complexity index is 1690. The van der Waals surface area contributed by atoms with Crippen LogP contribution in [0.5, 0.6) is 0 Å². The molecule has 0 heterocycles. The second kappa shape index (κ2) is 9.57. The van der Waals surface area contributed by atoms with Crippen molar-refractivity contribution in [3.8, 4) is 11.1 Å². The summed E-state index contributed by atoms with van der Waals surface area (Å²) in [6, 6.07) is 45.5. The fourth-order valence-corrected chi connectivity index (χ4v) is 5.19. The Morgan fingerprint density at radius 3 is 1.65 bits per heavy atom. The molecule has 0 N–H and O–H groups in total. The van der Waals surface area contributed by atoms with Crippen molar-refractivity contribution in [1.29, 1.82) is 0 Å². The first kappa shape index (κ1) is 22.6. The summed E-state index contributed by atoms with van der Waals surface area (Å²) in [5, 5.41) is 11.6. The summed E-state index contributed by atoms with van der Waals surface area (Å²) < 4.78 is 0. The van der Waals surface area contributed by atoms with E-state index in [1.807, 2.05) is 30.3 Å². The molecule has 0 aliphatic carbocycles. The Morgan fingerprint density at radius 1 is 0.500 bits per heavy atom. The van der Waals surface area contributed by atoms with Crippen LogP contribution < -0.4 is 5.30 Å². The Morgan fingerprint density at radius 2 is 1.00 bits per heavy atom. The maximum Gasteiger partial charge on any atom is 0 e. The predicted octanol–water partition coefficient (Wildman–Crippen LogP) is 8.59. The van der Waals surface area contributed by atoms with Crippen molar-refractivity contribution in [3.63, 3.8) is 0 Å². The van der Waals surface area contributed by atoms with E-state index in [9.17, 15) is 0 Å². The van der Waals surface area contributed by atoms with Gasteiger partial charge in [-0.3, -0.25) is 0 Å². The van der Waals surface area contributed by atoms with Crippen LogP contribution in [0.3, 0.4) is 0 Å². The Hall–Kier alpha value is -3.21. The van der Waals surface area contributed by atoms with Crippen LogP contribution in [0.15, 0.2) is 127 Å². The molecule has 0 aliphatic rings. The summed E-state index contributed by atoms with van der Waals surface area (Å²) in [5.74, 6) is 0. The van der Waals surface area contributed by atoms with Gasteiger partial charge in [0.15, 0.2) is 0 Å². The summed E-state index contributed by atoms with van der Waals surface area (Å²) in [6.45, 7) is 0. The van der Waals surface area contributed by atoms with E-state index in [2.05, 4.69) is 106 Å². The predicted molar refractivity (Wildman–Crippen MR) is 149 cm³/mol. The van der Waals surface area contributed by atoms with Crippen molar-refractivity contribution in [3.05, 3.63) is 127 Å². The minimum Gasteiger partial charge on any atom is -0.748 e. The number of rotatable bonds is 1. The van der Waals surface area contributed by atoms with Gasteiger partial charge in [-0.25, -0.2) is 0 Å². The smallest absolute Gasteiger partial charge is 0 e. The molecule has 0 fully saturated rings. The minimum absolute atomic E-state index is 0. The topological polar surface area (TPSA) is 0 Å². The zero-order valence-corrected chi connectivity index (χ0v) is 20.8. The molecule has 0 spiro atoms. The maximum absolute atomic E-state index is 2.91. The van der Waals surface area contributed by atoms with Crippen LogP contribution >= 0.6 is 9.24 Å². The molecule has 0 nitrogen and oxygen atoms in total. The molecule has 0 aromatic heterocycles. The molecule has 0 saturated heterocycles. The van der Waals surface area contributed by atoms with E-state index in [-0.39, 0.29) is 17.1 Å². The quantitative estimate of drug-likeness (QED) is 0.0705. The van der Waals surface area contributed by atoms with Crippen LogP contribution in [0, 0.1) is 0 Å². The molecule has 7 aromatic carbocycles. The Balaban J connectivity index is 0.000000359. The number of hydrogen-bond acceptors (Lipinski definition) is 0. The van der Waals surface area contributed by atoms with E-state index in [0.717, 1.165) is 0 Å². The molecule has 7 aromatic rings. The molecule has 0 aliphatic heterocycles. The van der Waals surface area contributed by atoms with Crippen molar-refractivity contribution in [1.82, 2.24) is 0 Å². The normalized spacial score (nSPS) is 10.9. The number of benzene rings is 5. The van der Waals surface area contributed by atoms with Gasteiger partial charge in [0.05, 0.1) is 0 Å². The second-order valence-electron chi connectivity index (χ2n) is 8.45. The van der Waals surface area contributed by atoms with E-state index in [0.29, 0.717) is 0 Å². The van der Waals surface area contributed by atoms with Crippen LogP contribution in [0.2, 0.25) is 0 Å². The molecule has 2 heteroatoms. The molecule has 1 atom stereocenters. The van der Waals surface area contributed by atoms with E-state index in [4.69, 9.17) is 0 Å². The van der Waals surface area contributed by atoms with E-state index in [1.54, 1.807) is 0 Å². The van der Waals surface area contributed by atoms with Crippen LogP contribution in [-0.2, 0) is 17.1 Å². The van der Waals surface area contributed by atoms with Gasteiger partial charge in [-0.2, -0.15) is 12.1 Å². The first-order chi connectivity index (χ1) is 16.3. The molecule has 0 bridgehead atoms. The first-order valence-electron chi connectivity index (χ1n) is 11.2. The molecular weight excluding hydrogens is 471 g/mol. The molecule has 170 valence electrons. The Kier molecular flexibility index (Phi) is 6.36. The van der Waals surface area contributed by atoms with E-state index < -0.39 is 0 Å². The molecule has 0 amide bonds. The molecule has 0 saturated carbocycles. The molecule has 7 rings (SSSR count). The Labute approximate surface area is 212 Å². The van der Waals surface area contributed by atoms with Gasteiger partial charge >= 0.3 is 0 Å². The minimum atomic E-state index is 0. The van der Waals surface area contributed by atoms with Gasteiger partial charge in [0, 0.05) is 17.1 Å². The van der Waals surface area contributed by atoms with E-state index >= 15 is 0 Å². The van der Waals surface area contributed by atoms with Crippen LogP contribution in [0.25, 0.3) is 54.2 Å². The second-order valence-corrected chi connectivity index (χ2v) is 9.07. The largest absolute Gasteiger partial charge is 0.748 e. The first-order valence-corrected chi connectivity index (χ1v) is 11.8. The van der Waals surface area contributed by atoms with Crippen molar-refractivity contribution < 1.29 is 17.1 Å². The van der Waals surface area contributed by atoms with Gasteiger partial charge < -0.3 is 30.3 Å². The summed E-state index contributed by atoms with van der Waals surface area (Å²) in [6.07, 6.45) is 0. The number of hydrogen-bond donors (Lipinski definition) is 0. The summed E-state index contributed by atoms with van der Waals surface area (Å²) >= 11 is 0. The van der Waals surface area contributed by atoms with Crippen LogP contribution in [0.1, 0.15) is 0 Å². The van der Waals surface area contributed by atoms with Gasteiger partial charge in [0.1, 0.15) is 0 Å². The zero-order valence-electron chi connectivity index (χ0n) is 18.6. The average molecular weight is 494 g/mol. The van der Waals surface area contributed by atoms with Gasteiger partial charge in [0.2, 0.25) is 0 Å². The molecular formula is C32H23FeP-6. The van der Waals surface area contributed by atoms with Gasteiger partial charge in [0.25, 0.3) is 0 Å². The van der Waals surface area contributed by atoms with Crippen LogP contribution in [-0.4, -0.2) is 0 Å². The number of fused-ring (bicyclic) bond motifs is 5. The average Bonchev–Trinajstić information content (AvgIpc) is 3.59. The van der Waals surface area contributed by atoms with Gasteiger partial charge in [-0.05, 0) is 44.5 Å². The SMILES string of the molecule is Pc1ccc2cc3ccc4cc5ccccc5cc4c3cc2c1-[c-]1cccc1.[Fe].[cH-]1[cH-][cH-][cH-][cH-]1. The van der Waals surface area contributed by atoms with Crippen molar-refractivity contribution in [2.45, 2.75) is 0 Å². The summed E-state index contributed by atoms with van der Waals surface area (Å²) in [7, 11) is 2.91. The molecule has 0 radical (unpaired) electrons.